The zero-order chi connectivity index (χ0) is 28.6. The second kappa shape index (κ2) is 10.8. The van der Waals surface area contributed by atoms with Gasteiger partial charge in [-0.2, -0.15) is 0 Å². The van der Waals surface area contributed by atoms with Gasteiger partial charge in [0.25, 0.3) is 11.8 Å². The summed E-state index contributed by atoms with van der Waals surface area (Å²) in [5.74, 6) is -1.01. The highest BCUT2D eigenvalue weighted by Crippen LogP contribution is 2.40. The Labute approximate surface area is 234 Å². The minimum Gasteiger partial charge on any atom is -0.543 e. The summed E-state index contributed by atoms with van der Waals surface area (Å²) in [6, 6.07) is 3.47. The number of aliphatic carboxylic acids is 1. The van der Waals surface area contributed by atoms with E-state index in [1.807, 2.05) is 0 Å². The molecule has 2 amide bonds. The lowest BCUT2D eigenvalue weighted by molar-refractivity contribution is -0.687. The van der Waals surface area contributed by atoms with Crippen molar-refractivity contribution in [2.75, 3.05) is 18.1 Å². The number of phenolic OH excluding ortho intramolecular Hbond substituents is 2. The molecule has 0 aliphatic carbocycles. The second-order valence-corrected chi connectivity index (χ2v) is 10.7. The monoisotopic (exact) mass is 580 g/mol. The van der Waals surface area contributed by atoms with E-state index in [0.717, 1.165) is 16.2 Å². The molecule has 1 aromatic carbocycles. The smallest absolute Gasteiger partial charge is 0.276 e. The quantitative estimate of drug-likeness (QED) is 0.0490. The van der Waals surface area contributed by atoms with Gasteiger partial charge in [0, 0.05) is 28.2 Å². The number of benzene rings is 1. The summed E-state index contributed by atoms with van der Waals surface area (Å²) in [5.41, 5.74) is 5.72. The lowest BCUT2D eigenvalue weighted by Crippen LogP contribution is -2.71. The number of fused-ring (bicyclic) bond motifs is 2. The number of aromatic nitrogens is 2. The molecule has 1 fully saturated rings. The Hall–Kier alpha value is -4.81. The average molecular weight is 581 g/mol. The Bertz CT molecular complexity index is 1660. The first-order chi connectivity index (χ1) is 19.2. The number of thioether (sulfide) groups is 1. The Balaban J connectivity index is 1.36. The van der Waals surface area contributed by atoms with Crippen molar-refractivity contribution in [1.29, 1.82) is 0 Å². The van der Waals surface area contributed by atoms with Crippen molar-refractivity contribution in [3.8, 4) is 23.8 Å². The molecule has 0 saturated carbocycles. The van der Waals surface area contributed by atoms with Gasteiger partial charge >= 0.3 is 0 Å². The van der Waals surface area contributed by atoms with Crippen molar-refractivity contribution in [2.24, 2.45) is 5.16 Å². The lowest BCUT2D eigenvalue weighted by atomic mass is 10.0. The number of pyridine rings is 1. The number of oxime groups is 1. The van der Waals surface area contributed by atoms with Gasteiger partial charge in [0.05, 0.1) is 11.7 Å². The van der Waals surface area contributed by atoms with Crippen molar-refractivity contribution < 1.29 is 39.1 Å². The molecule has 2 atom stereocenters. The summed E-state index contributed by atoms with van der Waals surface area (Å²) in [6.45, 7) is -0.0810. The topological polar surface area (TPSA) is 194 Å². The maximum absolute atomic E-state index is 13.1. The Morgan fingerprint density at radius 3 is 2.77 bits per heavy atom. The maximum Gasteiger partial charge on any atom is 0.276 e. The molecule has 5 rings (SSSR count). The number of nitrogens with zero attached hydrogens (tertiary/aromatic N) is 4. The molecule has 2 aromatic heterocycles. The normalized spacial score (nSPS) is 18.6. The number of phenols is 2. The molecule has 1 unspecified atom stereocenters. The summed E-state index contributed by atoms with van der Waals surface area (Å²) in [4.78, 5) is 48.4. The molecule has 13 nitrogen and oxygen atoms in total. The number of hydrogen-bond acceptors (Lipinski definition) is 12. The number of nitrogens with one attached hydrogen (secondary N) is 1. The summed E-state index contributed by atoms with van der Waals surface area (Å²) in [6.07, 6.45) is 8.53. The first-order valence-electron chi connectivity index (χ1n) is 11.6. The predicted molar refractivity (Wildman–Crippen MR) is 142 cm³/mol. The summed E-state index contributed by atoms with van der Waals surface area (Å²) in [5, 5.41) is 40.3. The zero-order valence-corrected chi connectivity index (χ0v) is 22.1. The standard InChI is InChI=1S/C25H20N6O7S2/c1-2-5-38-29-18(15-11-40-25(26)27-15)21(34)28-19-22(35)31-20(24(36)37)14(10-39-23(19)31)9-30-4-3-12-6-16(32)17(33)7-13(12)8-30/h1,3-4,6-8,11,19,23H,5,9-10H2,(H5,26,27,28,33,34,36,37)/t19?,23-/m1/s1. The molecule has 204 valence electrons. The number of carboxylic acids is 1. The molecule has 1 saturated heterocycles. The van der Waals surface area contributed by atoms with Crippen LogP contribution in [0.5, 0.6) is 11.5 Å². The second-order valence-electron chi connectivity index (χ2n) is 8.68. The Morgan fingerprint density at radius 1 is 1.35 bits per heavy atom. The van der Waals surface area contributed by atoms with Gasteiger partial charge < -0.3 is 36.0 Å². The van der Waals surface area contributed by atoms with Crippen LogP contribution in [0.2, 0.25) is 0 Å². The van der Waals surface area contributed by atoms with Gasteiger partial charge in [-0.1, -0.05) is 11.1 Å². The Morgan fingerprint density at radius 2 is 2.10 bits per heavy atom. The molecular formula is C25H20N6O7S2. The van der Waals surface area contributed by atoms with E-state index >= 15 is 0 Å². The van der Waals surface area contributed by atoms with E-state index in [-0.39, 0.29) is 52.6 Å². The van der Waals surface area contributed by atoms with Crippen LogP contribution in [0.3, 0.4) is 0 Å². The van der Waals surface area contributed by atoms with Gasteiger partial charge in [0.15, 0.2) is 47.9 Å². The number of nitrogen functional groups attached to an aromatic ring is 1. The van der Waals surface area contributed by atoms with Crippen LogP contribution < -0.4 is 20.7 Å². The largest absolute Gasteiger partial charge is 0.543 e. The molecular weight excluding hydrogens is 560 g/mol. The molecule has 2 aliphatic heterocycles. The molecule has 5 N–H and O–H groups in total. The predicted octanol–water partition coefficient (Wildman–Crippen LogP) is -0.965. The number of amides is 2. The minimum atomic E-state index is -1.52. The number of anilines is 1. The fourth-order valence-electron chi connectivity index (χ4n) is 4.32. The summed E-state index contributed by atoms with van der Waals surface area (Å²) >= 11 is 2.36. The first-order valence-corrected chi connectivity index (χ1v) is 13.5. The number of rotatable bonds is 8. The van der Waals surface area contributed by atoms with Crippen molar-refractivity contribution in [3.63, 3.8) is 0 Å². The van der Waals surface area contributed by atoms with Gasteiger partial charge in [-0.15, -0.1) is 29.5 Å². The fraction of sp³-hybridized carbons (Fsp3) is 0.200. The number of terminal acetylenes is 1. The average Bonchev–Trinajstić information content (AvgIpc) is 3.35. The molecule has 15 heteroatoms. The van der Waals surface area contributed by atoms with Crippen LogP contribution in [-0.4, -0.2) is 67.4 Å². The van der Waals surface area contributed by atoms with E-state index in [1.54, 1.807) is 23.0 Å². The highest BCUT2D eigenvalue weighted by atomic mass is 32.2. The van der Waals surface area contributed by atoms with E-state index in [4.69, 9.17) is 17.0 Å². The fourth-order valence-corrected chi connectivity index (χ4v) is 6.20. The number of carboxylic acid groups (broad SMARTS) is 1. The third-order valence-corrected chi connectivity index (χ3v) is 8.13. The van der Waals surface area contributed by atoms with Crippen molar-refractivity contribution in [3.05, 3.63) is 52.9 Å². The van der Waals surface area contributed by atoms with Crippen LogP contribution in [0, 0.1) is 12.3 Å². The first kappa shape index (κ1) is 26.8. The number of thiazole rings is 1. The number of carbonyl (C=O) groups is 3. The highest BCUT2D eigenvalue weighted by Gasteiger charge is 2.53. The SMILES string of the molecule is C#CCON=C(C(=O)NC1C(=O)N2C(C(=O)[O-])=C(C[n+]3ccc4cc(O)c(O)cc4c3)CS[C@H]12)c1csc(N)n1. The van der Waals surface area contributed by atoms with Crippen LogP contribution in [0.25, 0.3) is 10.8 Å². The molecule has 0 bridgehead atoms. The number of nitrogens with two attached hydrogens (primary N) is 1. The van der Waals surface area contributed by atoms with E-state index in [9.17, 15) is 29.7 Å². The number of β-lactam (4-membered cyclic amide) rings is 1. The maximum atomic E-state index is 13.1. The van der Waals surface area contributed by atoms with Crippen LogP contribution >= 0.6 is 23.1 Å². The number of hydrogen-bond donors (Lipinski definition) is 4. The van der Waals surface area contributed by atoms with E-state index < -0.39 is 29.2 Å². The van der Waals surface area contributed by atoms with Gasteiger partial charge in [-0.25, -0.2) is 9.55 Å². The highest BCUT2D eigenvalue weighted by molar-refractivity contribution is 8.00. The van der Waals surface area contributed by atoms with Crippen molar-refractivity contribution in [2.45, 2.75) is 18.0 Å². The van der Waals surface area contributed by atoms with Crippen molar-refractivity contribution >= 4 is 62.5 Å². The number of aromatic hydroxyl groups is 2. The van der Waals surface area contributed by atoms with Crippen LogP contribution in [0.4, 0.5) is 5.13 Å². The van der Waals surface area contributed by atoms with E-state index in [1.165, 1.54) is 29.3 Å². The van der Waals surface area contributed by atoms with Crippen LogP contribution in [0.1, 0.15) is 5.69 Å². The van der Waals surface area contributed by atoms with Gasteiger partial charge in [0.1, 0.15) is 17.1 Å². The van der Waals surface area contributed by atoms with Crippen molar-refractivity contribution in [1.82, 2.24) is 15.2 Å². The third kappa shape index (κ3) is 4.97. The van der Waals surface area contributed by atoms with Gasteiger partial charge in [0.2, 0.25) is 0 Å². The summed E-state index contributed by atoms with van der Waals surface area (Å²) < 4.78 is 1.69. The minimum absolute atomic E-state index is 0.121. The van der Waals surface area contributed by atoms with E-state index in [0.29, 0.717) is 16.3 Å². The molecule has 0 radical (unpaired) electrons. The van der Waals surface area contributed by atoms with Crippen LogP contribution in [-0.2, 0) is 25.8 Å². The molecule has 4 heterocycles. The Kier molecular flexibility index (Phi) is 7.20. The molecule has 40 heavy (non-hydrogen) atoms. The summed E-state index contributed by atoms with van der Waals surface area (Å²) in [7, 11) is 0. The molecule has 2 aliphatic rings. The van der Waals surface area contributed by atoms with Gasteiger partial charge in [-0.3, -0.25) is 14.5 Å². The zero-order valence-electron chi connectivity index (χ0n) is 20.4. The van der Waals surface area contributed by atoms with E-state index in [2.05, 4.69) is 21.4 Å². The molecule has 3 aromatic rings. The third-order valence-electron chi connectivity index (χ3n) is 6.11. The van der Waals surface area contributed by atoms with Crippen LogP contribution in [0.15, 0.2) is 52.4 Å². The molecule has 0 spiro atoms. The number of carbonyl (C=O) groups excluding carboxylic acids is 3. The van der Waals surface area contributed by atoms with Gasteiger partial charge in [-0.05, 0) is 17.5 Å². The lowest BCUT2D eigenvalue weighted by Gasteiger charge is -2.50.